The summed E-state index contributed by atoms with van der Waals surface area (Å²) in [7, 11) is 3.28. The van der Waals surface area contributed by atoms with E-state index in [2.05, 4.69) is 0 Å². The first-order chi connectivity index (χ1) is 6.60. The van der Waals surface area contributed by atoms with Crippen molar-refractivity contribution in [2.75, 3.05) is 14.2 Å². The maximum Gasteiger partial charge on any atom is 0.127 e. The van der Waals surface area contributed by atoms with Crippen LogP contribution in [0.1, 0.15) is 24.1 Å². The lowest BCUT2D eigenvalue weighted by molar-refractivity contribution is 0.388. The van der Waals surface area contributed by atoms with E-state index in [1.165, 1.54) is 0 Å². The van der Waals surface area contributed by atoms with Crippen LogP contribution in [0.2, 0.25) is 0 Å². The Kier molecular flexibility index (Phi) is 3.36. The van der Waals surface area contributed by atoms with Gasteiger partial charge >= 0.3 is 0 Å². The minimum absolute atomic E-state index is 0.0316. The summed E-state index contributed by atoms with van der Waals surface area (Å²) in [6.07, 6.45) is 0. The van der Waals surface area contributed by atoms with E-state index in [1.807, 2.05) is 26.0 Å². The fourth-order valence-corrected chi connectivity index (χ4v) is 1.60. The fraction of sp³-hybridized carbons (Fsp3) is 0.455. The van der Waals surface area contributed by atoms with Crippen molar-refractivity contribution in [3.63, 3.8) is 0 Å². The molecule has 0 spiro atoms. The molecule has 0 saturated carbocycles. The first-order valence-electron chi connectivity index (χ1n) is 4.58. The molecule has 78 valence electrons. The summed E-state index contributed by atoms with van der Waals surface area (Å²) in [6, 6.07) is 3.78. The smallest absolute Gasteiger partial charge is 0.127 e. The standard InChI is InChI=1S/C11H17NO2/c1-7-5-9(13-3)6-10(14-4)11(7)8(2)12/h5-6,8H,12H2,1-4H3/t8-/m1/s1. The Labute approximate surface area is 84.8 Å². The van der Waals surface area contributed by atoms with Gasteiger partial charge in [0.15, 0.2) is 0 Å². The predicted molar refractivity (Wildman–Crippen MR) is 56.9 cm³/mol. The maximum atomic E-state index is 5.86. The molecule has 0 bridgehead atoms. The van der Waals surface area contributed by atoms with E-state index in [0.717, 1.165) is 22.6 Å². The molecule has 0 aliphatic heterocycles. The molecule has 0 fully saturated rings. The van der Waals surface area contributed by atoms with Gasteiger partial charge in [-0.1, -0.05) is 0 Å². The monoisotopic (exact) mass is 195 g/mol. The van der Waals surface area contributed by atoms with Crippen molar-refractivity contribution in [2.24, 2.45) is 5.73 Å². The van der Waals surface area contributed by atoms with Crippen LogP contribution in [0.15, 0.2) is 12.1 Å². The largest absolute Gasteiger partial charge is 0.497 e. The number of nitrogens with two attached hydrogens (primary N) is 1. The van der Waals surface area contributed by atoms with Crippen LogP contribution in [-0.2, 0) is 0 Å². The molecule has 0 aliphatic rings. The Balaban J connectivity index is 3.27. The van der Waals surface area contributed by atoms with Gasteiger partial charge in [0.1, 0.15) is 11.5 Å². The molecule has 1 atom stereocenters. The number of benzene rings is 1. The molecule has 1 aromatic carbocycles. The van der Waals surface area contributed by atoms with Crippen LogP contribution >= 0.6 is 0 Å². The molecule has 1 rings (SSSR count). The predicted octanol–water partition coefficient (Wildman–Crippen LogP) is 2.03. The van der Waals surface area contributed by atoms with Gasteiger partial charge in [-0.05, 0) is 25.5 Å². The highest BCUT2D eigenvalue weighted by Crippen LogP contribution is 2.31. The molecule has 0 aromatic heterocycles. The lowest BCUT2D eigenvalue weighted by atomic mass is 10.0. The minimum atomic E-state index is -0.0316. The molecule has 0 heterocycles. The molecular formula is C11H17NO2. The number of rotatable bonds is 3. The van der Waals surface area contributed by atoms with Crippen molar-refractivity contribution in [2.45, 2.75) is 19.9 Å². The van der Waals surface area contributed by atoms with Gasteiger partial charge in [-0.25, -0.2) is 0 Å². The van der Waals surface area contributed by atoms with Gasteiger partial charge in [0, 0.05) is 17.7 Å². The average molecular weight is 195 g/mol. The summed E-state index contributed by atoms with van der Waals surface area (Å²) in [5, 5.41) is 0. The van der Waals surface area contributed by atoms with Gasteiger partial charge in [0.2, 0.25) is 0 Å². The number of aryl methyl sites for hydroxylation is 1. The molecule has 0 saturated heterocycles. The highest BCUT2D eigenvalue weighted by molar-refractivity contribution is 5.47. The Morgan fingerprint density at radius 3 is 2.29 bits per heavy atom. The summed E-state index contributed by atoms with van der Waals surface area (Å²) in [5.74, 6) is 1.58. The Morgan fingerprint density at radius 2 is 1.86 bits per heavy atom. The Bertz CT molecular complexity index is 321. The van der Waals surface area contributed by atoms with Gasteiger partial charge in [-0.2, -0.15) is 0 Å². The number of ether oxygens (including phenoxy) is 2. The summed E-state index contributed by atoms with van der Waals surface area (Å²) in [5.41, 5.74) is 7.99. The van der Waals surface area contributed by atoms with Gasteiger partial charge in [0.25, 0.3) is 0 Å². The molecule has 2 N–H and O–H groups in total. The van der Waals surface area contributed by atoms with Crippen molar-refractivity contribution < 1.29 is 9.47 Å². The van der Waals surface area contributed by atoms with Crippen molar-refractivity contribution in [1.29, 1.82) is 0 Å². The zero-order valence-corrected chi connectivity index (χ0v) is 9.13. The van der Waals surface area contributed by atoms with Crippen LogP contribution in [0.25, 0.3) is 0 Å². The van der Waals surface area contributed by atoms with E-state index in [0.29, 0.717) is 0 Å². The van der Waals surface area contributed by atoms with E-state index in [4.69, 9.17) is 15.2 Å². The summed E-state index contributed by atoms with van der Waals surface area (Å²) in [6.45, 7) is 3.95. The second-order valence-electron chi connectivity index (χ2n) is 3.35. The van der Waals surface area contributed by atoms with Crippen LogP contribution in [0.4, 0.5) is 0 Å². The van der Waals surface area contributed by atoms with E-state index in [-0.39, 0.29) is 6.04 Å². The van der Waals surface area contributed by atoms with Crippen LogP contribution in [-0.4, -0.2) is 14.2 Å². The van der Waals surface area contributed by atoms with E-state index >= 15 is 0 Å². The first-order valence-corrected chi connectivity index (χ1v) is 4.58. The molecular weight excluding hydrogens is 178 g/mol. The highest BCUT2D eigenvalue weighted by atomic mass is 16.5. The summed E-state index contributed by atoms with van der Waals surface area (Å²) < 4.78 is 10.4. The molecule has 3 nitrogen and oxygen atoms in total. The van der Waals surface area contributed by atoms with Crippen molar-refractivity contribution in [1.82, 2.24) is 0 Å². The van der Waals surface area contributed by atoms with Gasteiger partial charge < -0.3 is 15.2 Å². The van der Waals surface area contributed by atoms with Crippen LogP contribution in [0.3, 0.4) is 0 Å². The van der Waals surface area contributed by atoms with Crippen molar-refractivity contribution >= 4 is 0 Å². The third-order valence-electron chi connectivity index (χ3n) is 2.23. The number of methoxy groups -OCH3 is 2. The van der Waals surface area contributed by atoms with Crippen molar-refractivity contribution in [3.05, 3.63) is 23.3 Å². The quantitative estimate of drug-likeness (QED) is 0.802. The maximum absolute atomic E-state index is 5.86. The van der Waals surface area contributed by atoms with Crippen LogP contribution in [0.5, 0.6) is 11.5 Å². The zero-order chi connectivity index (χ0) is 10.7. The highest BCUT2D eigenvalue weighted by Gasteiger charge is 2.12. The summed E-state index contributed by atoms with van der Waals surface area (Å²) >= 11 is 0. The fourth-order valence-electron chi connectivity index (χ4n) is 1.60. The zero-order valence-electron chi connectivity index (χ0n) is 9.13. The van der Waals surface area contributed by atoms with Crippen LogP contribution < -0.4 is 15.2 Å². The molecule has 14 heavy (non-hydrogen) atoms. The van der Waals surface area contributed by atoms with Gasteiger partial charge in [-0.15, -0.1) is 0 Å². The summed E-state index contributed by atoms with van der Waals surface area (Å²) in [4.78, 5) is 0. The second kappa shape index (κ2) is 4.33. The van der Waals surface area contributed by atoms with E-state index in [1.54, 1.807) is 14.2 Å². The molecule has 0 radical (unpaired) electrons. The normalized spacial score (nSPS) is 12.4. The lowest BCUT2D eigenvalue weighted by Crippen LogP contribution is -2.09. The average Bonchev–Trinajstić information content (AvgIpc) is 2.15. The minimum Gasteiger partial charge on any atom is -0.497 e. The third kappa shape index (κ3) is 1.99. The molecule has 3 heteroatoms. The third-order valence-corrected chi connectivity index (χ3v) is 2.23. The second-order valence-corrected chi connectivity index (χ2v) is 3.35. The van der Waals surface area contributed by atoms with Gasteiger partial charge in [-0.3, -0.25) is 0 Å². The van der Waals surface area contributed by atoms with Gasteiger partial charge in [0.05, 0.1) is 14.2 Å². The first kappa shape index (κ1) is 10.9. The molecule has 0 amide bonds. The Morgan fingerprint density at radius 1 is 1.21 bits per heavy atom. The molecule has 1 aromatic rings. The number of hydrogen-bond acceptors (Lipinski definition) is 3. The van der Waals surface area contributed by atoms with E-state index < -0.39 is 0 Å². The number of hydrogen-bond donors (Lipinski definition) is 1. The topological polar surface area (TPSA) is 44.5 Å². The lowest BCUT2D eigenvalue weighted by Gasteiger charge is -2.16. The molecule has 0 unspecified atom stereocenters. The van der Waals surface area contributed by atoms with E-state index in [9.17, 15) is 0 Å². The molecule has 0 aliphatic carbocycles. The van der Waals surface area contributed by atoms with Crippen LogP contribution in [0, 0.1) is 6.92 Å². The SMILES string of the molecule is COc1cc(C)c([C@@H](C)N)c(OC)c1. The Hall–Kier alpha value is -1.22. The van der Waals surface area contributed by atoms with Crippen molar-refractivity contribution in [3.8, 4) is 11.5 Å².